The number of rotatable bonds is 3. The quantitative estimate of drug-likeness (QED) is 0.181. The molecule has 3 heterocycles. The van der Waals surface area contributed by atoms with Crippen LogP contribution in [0.2, 0.25) is 0 Å². The van der Waals surface area contributed by atoms with E-state index in [4.69, 9.17) is 6.57 Å². The summed E-state index contributed by atoms with van der Waals surface area (Å²) in [5.74, 6) is 0. The smallest absolute Gasteiger partial charge is 0.212 e. The van der Waals surface area contributed by atoms with Gasteiger partial charge in [0.25, 0.3) is 0 Å². The number of nitrogens with zero attached hydrogens (tertiary/aromatic N) is 5. The molecule has 0 aliphatic heterocycles. The van der Waals surface area contributed by atoms with Crippen LogP contribution in [0.25, 0.3) is 87.3 Å². The van der Waals surface area contributed by atoms with Gasteiger partial charge in [0, 0.05) is 38.0 Å². The fourth-order valence-corrected chi connectivity index (χ4v) is 7.89. The highest BCUT2D eigenvalue weighted by atomic mass is 15.0. The first-order valence-electron chi connectivity index (χ1n) is 16.2. The summed E-state index contributed by atoms with van der Waals surface area (Å²) in [4.78, 5) is 3.97. The average Bonchev–Trinajstić information content (AvgIpc) is 3.79. The standard InChI is InChI=1S/C44H25N5/c1-46-36-23-24-41(35(27-45)44(36)49-39-21-11-5-15-29(39)30-16-6-12-22-40(30)49)48-38-20-10-8-18-32(38)34-25-42-33(26-43(34)48)31-17-7-9-19-37(31)47(42)28-13-3-2-4-14-28/h2-26H. The molecule has 0 amide bonds. The first kappa shape index (κ1) is 27.1. The Bertz CT molecular complexity index is 3020. The lowest BCUT2D eigenvalue weighted by Gasteiger charge is -2.17. The number of benzene rings is 7. The minimum absolute atomic E-state index is 0.431. The van der Waals surface area contributed by atoms with Crippen LogP contribution in [0, 0.1) is 17.9 Å². The van der Waals surface area contributed by atoms with Crippen LogP contribution in [-0.4, -0.2) is 13.7 Å². The Morgan fingerprint density at radius 2 is 0.898 bits per heavy atom. The molecule has 5 nitrogen and oxygen atoms in total. The van der Waals surface area contributed by atoms with Gasteiger partial charge in [-0.3, -0.25) is 0 Å². The van der Waals surface area contributed by atoms with E-state index in [2.05, 4.69) is 128 Å². The van der Waals surface area contributed by atoms with E-state index in [-0.39, 0.29) is 0 Å². The van der Waals surface area contributed by atoms with Crippen molar-refractivity contribution in [2.24, 2.45) is 0 Å². The third kappa shape index (κ3) is 3.67. The Morgan fingerprint density at radius 3 is 1.43 bits per heavy atom. The highest BCUT2D eigenvalue weighted by Crippen LogP contribution is 2.43. The van der Waals surface area contributed by atoms with Gasteiger partial charge in [-0.05, 0) is 54.6 Å². The van der Waals surface area contributed by atoms with E-state index in [1.54, 1.807) is 0 Å². The van der Waals surface area contributed by atoms with Crippen molar-refractivity contribution in [1.29, 1.82) is 5.26 Å². The maximum atomic E-state index is 11.1. The Morgan fingerprint density at radius 1 is 0.449 bits per heavy atom. The van der Waals surface area contributed by atoms with Crippen molar-refractivity contribution >= 4 is 71.1 Å². The topological polar surface area (TPSA) is 42.9 Å². The van der Waals surface area contributed by atoms with Gasteiger partial charge in [0.15, 0.2) is 0 Å². The first-order valence-corrected chi connectivity index (χ1v) is 16.2. The fourth-order valence-electron chi connectivity index (χ4n) is 7.89. The second-order valence-corrected chi connectivity index (χ2v) is 12.3. The van der Waals surface area contributed by atoms with Gasteiger partial charge in [-0.2, -0.15) is 5.26 Å². The van der Waals surface area contributed by atoms with E-state index in [1.807, 2.05) is 48.5 Å². The van der Waals surface area contributed by atoms with E-state index in [0.717, 1.165) is 76.8 Å². The summed E-state index contributed by atoms with van der Waals surface area (Å²) in [6.45, 7) is 8.22. The minimum Gasteiger partial charge on any atom is -0.318 e. The van der Waals surface area contributed by atoms with Crippen LogP contribution in [0.4, 0.5) is 5.69 Å². The van der Waals surface area contributed by atoms with E-state index in [0.29, 0.717) is 16.9 Å². The summed E-state index contributed by atoms with van der Waals surface area (Å²) in [5.41, 5.74) is 9.51. The minimum atomic E-state index is 0.431. The molecule has 0 spiro atoms. The van der Waals surface area contributed by atoms with Crippen LogP contribution < -0.4 is 0 Å². The normalized spacial score (nSPS) is 11.6. The van der Waals surface area contributed by atoms with Crippen molar-refractivity contribution in [3.63, 3.8) is 0 Å². The summed E-state index contributed by atoms with van der Waals surface area (Å²) in [5, 5.41) is 17.7. The van der Waals surface area contributed by atoms with Gasteiger partial charge in [-0.15, -0.1) is 0 Å². The number of hydrogen-bond donors (Lipinski definition) is 0. The molecule has 3 aromatic heterocycles. The molecule has 49 heavy (non-hydrogen) atoms. The van der Waals surface area contributed by atoms with Crippen molar-refractivity contribution < 1.29 is 0 Å². The van der Waals surface area contributed by atoms with Crippen molar-refractivity contribution in [3.8, 4) is 23.1 Å². The van der Waals surface area contributed by atoms with Gasteiger partial charge in [-0.1, -0.05) is 97.1 Å². The van der Waals surface area contributed by atoms with Gasteiger partial charge < -0.3 is 13.7 Å². The zero-order valence-electron chi connectivity index (χ0n) is 26.2. The van der Waals surface area contributed by atoms with Crippen LogP contribution in [0.5, 0.6) is 0 Å². The molecular weight excluding hydrogens is 599 g/mol. The third-order valence-electron chi connectivity index (χ3n) is 9.89. The summed E-state index contributed by atoms with van der Waals surface area (Å²) >= 11 is 0. The molecular formula is C44H25N5. The Labute approximate surface area is 281 Å². The van der Waals surface area contributed by atoms with Gasteiger partial charge >= 0.3 is 0 Å². The second kappa shape index (κ2) is 10.2. The molecule has 0 N–H and O–H groups in total. The van der Waals surface area contributed by atoms with E-state index in [1.165, 1.54) is 0 Å². The van der Waals surface area contributed by atoms with Gasteiger partial charge in [0.1, 0.15) is 6.07 Å². The fraction of sp³-hybridized carbons (Fsp3) is 0. The van der Waals surface area contributed by atoms with E-state index < -0.39 is 0 Å². The Balaban J connectivity index is 1.36. The summed E-state index contributed by atoms with van der Waals surface area (Å²) in [6, 6.07) is 54.8. The zero-order chi connectivity index (χ0) is 32.6. The van der Waals surface area contributed by atoms with Crippen molar-refractivity contribution in [1.82, 2.24) is 13.7 Å². The predicted molar refractivity (Wildman–Crippen MR) is 200 cm³/mol. The molecule has 10 rings (SSSR count). The van der Waals surface area contributed by atoms with Crippen LogP contribution >= 0.6 is 0 Å². The number of nitriles is 1. The lowest BCUT2D eigenvalue weighted by molar-refractivity contribution is 1.12. The monoisotopic (exact) mass is 623 g/mol. The molecule has 0 bridgehead atoms. The van der Waals surface area contributed by atoms with Crippen molar-refractivity contribution in [2.75, 3.05) is 0 Å². The molecule has 5 heteroatoms. The molecule has 0 saturated carbocycles. The van der Waals surface area contributed by atoms with Crippen molar-refractivity contribution in [3.05, 3.63) is 169 Å². The van der Waals surface area contributed by atoms with Crippen LogP contribution in [0.3, 0.4) is 0 Å². The number of aromatic nitrogens is 3. The molecule has 0 aliphatic rings. The maximum absolute atomic E-state index is 11.1. The number of para-hydroxylation sites is 5. The maximum Gasteiger partial charge on any atom is 0.212 e. The van der Waals surface area contributed by atoms with Crippen molar-refractivity contribution in [2.45, 2.75) is 0 Å². The van der Waals surface area contributed by atoms with Gasteiger partial charge in [0.2, 0.25) is 5.69 Å². The lowest BCUT2D eigenvalue weighted by Crippen LogP contribution is -2.04. The van der Waals surface area contributed by atoms with E-state index in [9.17, 15) is 5.26 Å². The second-order valence-electron chi connectivity index (χ2n) is 12.3. The largest absolute Gasteiger partial charge is 0.318 e. The highest BCUT2D eigenvalue weighted by Gasteiger charge is 2.24. The molecule has 226 valence electrons. The highest BCUT2D eigenvalue weighted by molar-refractivity contribution is 6.19. The molecule has 0 atom stereocenters. The number of fused-ring (bicyclic) bond motifs is 9. The summed E-state index contributed by atoms with van der Waals surface area (Å²) in [7, 11) is 0. The van der Waals surface area contributed by atoms with Crippen LogP contribution in [0.15, 0.2) is 152 Å². The molecule has 0 unspecified atom stereocenters. The molecule has 0 fully saturated rings. The SMILES string of the molecule is [C-]#[N+]c1ccc(-n2c3ccccc3c3cc4c(cc32)c2ccccc2n4-c2ccccc2)c(C#N)c1-n1c2ccccc2c2ccccc21. The average molecular weight is 624 g/mol. The Hall–Kier alpha value is -7.08. The van der Waals surface area contributed by atoms with Gasteiger partial charge in [0.05, 0.1) is 56.6 Å². The lowest BCUT2D eigenvalue weighted by atomic mass is 10.1. The van der Waals surface area contributed by atoms with Gasteiger partial charge in [-0.25, -0.2) is 4.85 Å². The molecule has 0 radical (unpaired) electrons. The predicted octanol–water partition coefficient (Wildman–Crippen LogP) is 11.4. The molecule has 0 saturated heterocycles. The first-order chi connectivity index (χ1) is 24.3. The van der Waals surface area contributed by atoms with Crippen LogP contribution in [-0.2, 0) is 0 Å². The molecule has 10 aromatic rings. The molecule has 0 aliphatic carbocycles. The van der Waals surface area contributed by atoms with E-state index >= 15 is 0 Å². The summed E-state index contributed by atoms with van der Waals surface area (Å²) in [6.07, 6.45) is 0. The summed E-state index contributed by atoms with van der Waals surface area (Å²) < 4.78 is 6.64. The number of hydrogen-bond acceptors (Lipinski definition) is 1. The molecule has 7 aromatic carbocycles. The third-order valence-corrected chi connectivity index (χ3v) is 9.89. The Kier molecular flexibility index (Phi) is 5.64. The van der Waals surface area contributed by atoms with Crippen LogP contribution in [0.1, 0.15) is 5.56 Å². The zero-order valence-corrected chi connectivity index (χ0v) is 26.2.